The van der Waals surface area contributed by atoms with Crippen LogP contribution in [0.25, 0.3) is 0 Å². The maximum absolute atomic E-state index is 13.2. The number of rotatable bonds is 4. The Morgan fingerprint density at radius 3 is 2.39 bits per heavy atom. The summed E-state index contributed by atoms with van der Waals surface area (Å²) in [6.07, 6.45) is 1.38. The molecule has 3 aromatic carbocycles. The number of hydrogen-bond acceptors (Lipinski definition) is 4. The molecule has 2 N–H and O–H groups in total. The SMILES string of the molecule is O=C(Nc1ccc(F)cc1)NC1CCN(C(=O)c2ccc3c(c2)CC(c2ccccc2)OC3=O)CC1. The molecule has 8 heteroatoms. The molecule has 0 radical (unpaired) electrons. The van der Waals surface area contributed by atoms with E-state index in [1.165, 1.54) is 24.3 Å². The molecule has 1 atom stereocenters. The lowest BCUT2D eigenvalue weighted by atomic mass is 9.92. The first-order chi connectivity index (χ1) is 17.5. The van der Waals surface area contributed by atoms with Crippen molar-refractivity contribution in [2.45, 2.75) is 31.4 Å². The average Bonchev–Trinajstić information content (AvgIpc) is 2.90. The van der Waals surface area contributed by atoms with Crippen molar-refractivity contribution in [3.63, 3.8) is 0 Å². The quantitative estimate of drug-likeness (QED) is 0.522. The zero-order valence-electron chi connectivity index (χ0n) is 19.6. The van der Waals surface area contributed by atoms with E-state index in [9.17, 15) is 18.8 Å². The van der Waals surface area contributed by atoms with Crippen molar-refractivity contribution in [2.24, 2.45) is 0 Å². The Kier molecular flexibility index (Phi) is 6.66. The number of halogens is 1. The van der Waals surface area contributed by atoms with Crippen LogP contribution in [0.1, 0.15) is 50.8 Å². The number of likely N-dealkylation sites (tertiary alicyclic amines) is 1. The summed E-state index contributed by atoms with van der Waals surface area (Å²) in [6.45, 7) is 1.01. The molecule has 5 rings (SSSR count). The molecule has 3 amide bonds. The van der Waals surface area contributed by atoms with Crippen LogP contribution in [0.2, 0.25) is 0 Å². The van der Waals surface area contributed by atoms with Gasteiger partial charge in [0.1, 0.15) is 11.9 Å². The zero-order valence-corrected chi connectivity index (χ0v) is 19.6. The number of fused-ring (bicyclic) bond motifs is 1. The van der Waals surface area contributed by atoms with E-state index in [1.54, 1.807) is 23.1 Å². The van der Waals surface area contributed by atoms with E-state index in [-0.39, 0.29) is 35.9 Å². The molecule has 0 spiro atoms. The number of nitrogens with one attached hydrogen (secondary N) is 2. The predicted molar refractivity (Wildman–Crippen MR) is 132 cm³/mol. The molecule has 1 saturated heterocycles. The van der Waals surface area contributed by atoms with Crippen molar-refractivity contribution in [3.05, 3.63) is 101 Å². The molecule has 184 valence electrons. The van der Waals surface area contributed by atoms with E-state index in [1.807, 2.05) is 30.3 Å². The Balaban J connectivity index is 1.18. The van der Waals surface area contributed by atoms with Crippen LogP contribution in [0.5, 0.6) is 0 Å². The highest BCUT2D eigenvalue weighted by Crippen LogP contribution is 2.31. The number of amides is 3. The van der Waals surface area contributed by atoms with Crippen molar-refractivity contribution >= 4 is 23.6 Å². The number of esters is 1. The second-order valence-electron chi connectivity index (χ2n) is 9.05. The number of nitrogens with zero attached hydrogens (tertiary/aromatic N) is 1. The maximum atomic E-state index is 13.2. The Morgan fingerprint density at radius 2 is 1.67 bits per heavy atom. The Labute approximate surface area is 208 Å². The average molecular weight is 488 g/mol. The number of piperidine rings is 1. The van der Waals surface area contributed by atoms with Crippen LogP contribution < -0.4 is 10.6 Å². The lowest BCUT2D eigenvalue weighted by molar-refractivity contribution is 0.0252. The van der Waals surface area contributed by atoms with Gasteiger partial charge in [-0.15, -0.1) is 0 Å². The smallest absolute Gasteiger partial charge is 0.339 e. The summed E-state index contributed by atoms with van der Waals surface area (Å²) in [4.78, 5) is 39.8. The molecule has 0 aromatic heterocycles. The number of hydrogen-bond donors (Lipinski definition) is 2. The van der Waals surface area contributed by atoms with Crippen molar-refractivity contribution in [2.75, 3.05) is 18.4 Å². The van der Waals surface area contributed by atoms with Crippen molar-refractivity contribution < 1.29 is 23.5 Å². The van der Waals surface area contributed by atoms with Crippen LogP contribution in [0.4, 0.5) is 14.9 Å². The fraction of sp³-hybridized carbons (Fsp3) is 0.250. The van der Waals surface area contributed by atoms with Crippen LogP contribution in [0.15, 0.2) is 72.8 Å². The Bertz CT molecular complexity index is 1270. The van der Waals surface area contributed by atoms with E-state index in [4.69, 9.17) is 4.74 Å². The summed E-state index contributed by atoms with van der Waals surface area (Å²) < 4.78 is 18.6. The van der Waals surface area contributed by atoms with E-state index >= 15 is 0 Å². The van der Waals surface area contributed by atoms with E-state index < -0.39 is 0 Å². The predicted octanol–water partition coefficient (Wildman–Crippen LogP) is 4.71. The van der Waals surface area contributed by atoms with Crippen LogP contribution in [0.3, 0.4) is 0 Å². The minimum absolute atomic E-state index is 0.0700. The number of carbonyl (C=O) groups is 3. The van der Waals surface area contributed by atoms with Gasteiger partial charge in [0.05, 0.1) is 5.56 Å². The van der Waals surface area contributed by atoms with E-state index in [0.717, 1.165) is 11.1 Å². The normalized spacial score (nSPS) is 17.6. The highest BCUT2D eigenvalue weighted by atomic mass is 19.1. The van der Waals surface area contributed by atoms with Gasteiger partial charge in [0.2, 0.25) is 0 Å². The van der Waals surface area contributed by atoms with E-state index in [0.29, 0.717) is 49.2 Å². The van der Waals surface area contributed by atoms with Gasteiger partial charge in [0.15, 0.2) is 0 Å². The van der Waals surface area contributed by atoms with Crippen LogP contribution in [-0.4, -0.2) is 41.9 Å². The third-order valence-electron chi connectivity index (χ3n) is 6.62. The Hall–Kier alpha value is -4.20. The summed E-state index contributed by atoms with van der Waals surface area (Å²) >= 11 is 0. The maximum Gasteiger partial charge on any atom is 0.339 e. The molecule has 2 heterocycles. The zero-order chi connectivity index (χ0) is 25.1. The number of urea groups is 1. The standard InChI is InChI=1S/C28H26FN3O4/c29-21-7-9-22(10-8-21)30-28(35)31-23-12-14-32(15-13-23)26(33)19-6-11-24-20(16-19)17-25(36-27(24)34)18-4-2-1-3-5-18/h1-11,16,23,25H,12-15,17H2,(H2,30,31,35). The third-order valence-corrected chi connectivity index (χ3v) is 6.62. The van der Waals surface area contributed by atoms with Gasteiger partial charge in [-0.3, -0.25) is 4.79 Å². The van der Waals surface area contributed by atoms with Gasteiger partial charge in [0.25, 0.3) is 5.91 Å². The first kappa shape index (κ1) is 23.5. The van der Waals surface area contributed by atoms with Gasteiger partial charge in [-0.05, 0) is 66.4 Å². The third kappa shape index (κ3) is 5.22. The summed E-state index contributed by atoms with van der Waals surface area (Å²) in [5, 5.41) is 5.60. The molecule has 2 aliphatic rings. The summed E-state index contributed by atoms with van der Waals surface area (Å²) in [7, 11) is 0. The van der Waals surface area contributed by atoms with E-state index in [2.05, 4.69) is 10.6 Å². The molecule has 1 unspecified atom stereocenters. The minimum atomic E-state index is -0.380. The molecule has 3 aromatic rings. The fourth-order valence-electron chi connectivity index (χ4n) is 4.68. The Morgan fingerprint density at radius 1 is 0.944 bits per heavy atom. The summed E-state index contributed by atoms with van der Waals surface area (Å²) in [6, 6.07) is 19.8. The largest absolute Gasteiger partial charge is 0.454 e. The topological polar surface area (TPSA) is 87.7 Å². The molecule has 36 heavy (non-hydrogen) atoms. The number of ether oxygens (including phenoxy) is 1. The van der Waals surface area contributed by atoms with Gasteiger partial charge in [-0.25, -0.2) is 14.0 Å². The van der Waals surface area contributed by atoms with Gasteiger partial charge < -0.3 is 20.3 Å². The lowest BCUT2D eigenvalue weighted by Crippen LogP contribution is -2.47. The molecular weight excluding hydrogens is 461 g/mol. The molecule has 0 aliphatic carbocycles. The van der Waals surface area contributed by atoms with Gasteiger partial charge in [0, 0.05) is 36.8 Å². The number of carbonyl (C=O) groups excluding carboxylic acids is 3. The number of benzene rings is 3. The number of anilines is 1. The molecular formula is C28H26FN3O4. The second kappa shape index (κ2) is 10.2. The molecule has 2 aliphatic heterocycles. The highest BCUT2D eigenvalue weighted by Gasteiger charge is 2.30. The molecule has 1 fully saturated rings. The molecule has 7 nitrogen and oxygen atoms in total. The van der Waals surface area contributed by atoms with Crippen LogP contribution in [-0.2, 0) is 11.2 Å². The summed E-state index contributed by atoms with van der Waals surface area (Å²) in [5.74, 6) is -0.843. The lowest BCUT2D eigenvalue weighted by Gasteiger charge is -2.33. The molecule has 0 bridgehead atoms. The van der Waals surface area contributed by atoms with Crippen LogP contribution in [0, 0.1) is 5.82 Å². The first-order valence-electron chi connectivity index (χ1n) is 12.0. The molecule has 0 saturated carbocycles. The van der Waals surface area contributed by atoms with Crippen molar-refractivity contribution in [3.8, 4) is 0 Å². The van der Waals surface area contributed by atoms with Gasteiger partial charge >= 0.3 is 12.0 Å². The summed E-state index contributed by atoms with van der Waals surface area (Å²) in [5.41, 5.74) is 3.27. The minimum Gasteiger partial charge on any atom is -0.454 e. The fourth-order valence-corrected chi connectivity index (χ4v) is 4.68. The van der Waals surface area contributed by atoms with Crippen molar-refractivity contribution in [1.82, 2.24) is 10.2 Å². The second-order valence-corrected chi connectivity index (χ2v) is 9.05. The van der Waals surface area contributed by atoms with Gasteiger partial charge in [-0.1, -0.05) is 30.3 Å². The van der Waals surface area contributed by atoms with Crippen molar-refractivity contribution in [1.29, 1.82) is 0 Å². The monoisotopic (exact) mass is 487 g/mol. The number of cyclic esters (lactones) is 1. The first-order valence-corrected chi connectivity index (χ1v) is 12.0. The van der Waals surface area contributed by atoms with Crippen LogP contribution >= 0.6 is 0 Å². The highest BCUT2D eigenvalue weighted by molar-refractivity contribution is 5.98. The van der Waals surface area contributed by atoms with Gasteiger partial charge in [-0.2, -0.15) is 0 Å².